The minimum atomic E-state index is -0.909. The van der Waals surface area contributed by atoms with Crippen LogP contribution >= 0.6 is 12.4 Å². The molecule has 0 bridgehead atoms. The van der Waals surface area contributed by atoms with Crippen LogP contribution in [0.2, 0.25) is 0 Å². The van der Waals surface area contributed by atoms with Gasteiger partial charge >= 0.3 is 5.97 Å². The van der Waals surface area contributed by atoms with Crippen molar-refractivity contribution in [3.05, 3.63) is 35.9 Å². The molecule has 0 spiro atoms. The van der Waals surface area contributed by atoms with Gasteiger partial charge in [-0.25, -0.2) is 0 Å². The SMILES string of the molecule is CCCC(NCC(=O)N(Cc1ccccc1)C(C)C)C(=O)O.Cl. The average molecular weight is 343 g/mol. The van der Waals surface area contributed by atoms with E-state index in [-0.39, 0.29) is 30.9 Å². The number of rotatable bonds is 9. The maximum absolute atomic E-state index is 12.4. The smallest absolute Gasteiger partial charge is 0.320 e. The predicted octanol–water partition coefficient (Wildman–Crippen LogP) is 2.69. The van der Waals surface area contributed by atoms with Crippen LogP contribution in [0.1, 0.15) is 39.2 Å². The Bertz CT molecular complexity index is 480. The molecule has 0 aromatic heterocycles. The molecule has 6 heteroatoms. The van der Waals surface area contributed by atoms with Crippen LogP contribution in [0.3, 0.4) is 0 Å². The Balaban J connectivity index is 0.00000484. The van der Waals surface area contributed by atoms with E-state index >= 15 is 0 Å². The molecule has 1 aromatic rings. The van der Waals surface area contributed by atoms with E-state index in [0.717, 1.165) is 12.0 Å². The third kappa shape index (κ3) is 7.48. The van der Waals surface area contributed by atoms with Crippen molar-refractivity contribution >= 4 is 24.3 Å². The molecule has 1 amide bonds. The van der Waals surface area contributed by atoms with Crippen LogP contribution in [-0.2, 0) is 16.1 Å². The summed E-state index contributed by atoms with van der Waals surface area (Å²) < 4.78 is 0. The van der Waals surface area contributed by atoms with Crippen LogP contribution < -0.4 is 5.32 Å². The van der Waals surface area contributed by atoms with Crippen molar-refractivity contribution in [1.82, 2.24) is 10.2 Å². The van der Waals surface area contributed by atoms with E-state index < -0.39 is 12.0 Å². The highest BCUT2D eigenvalue weighted by molar-refractivity contribution is 5.85. The summed E-state index contributed by atoms with van der Waals surface area (Å²) in [6.45, 7) is 6.42. The monoisotopic (exact) mass is 342 g/mol. The number of hydrogen-bond donors (Lipinski definition) is 2. The molecule has 1 atom stereocenters. The summed E-state index contributed by atoms with van der Waals surface area (Å²) in [6.07, 6.45) is 1.28. The first kappa shape index (κ1) is 21.4. The van der Waals surface area contributed by atoms with Crippen LogP contribution in [0.4, 0.5) is 0 Å². The van der Waals surface area contributed by atoms with Gasteiger partial charge in [-0.1, -0.05) is 43.7 Å². The Kier molecular flexibility index (Phi) is 10.3. The van der Waals surface area contributed by atoms with Crippen molar-refractivity contribution in [1.29, 1.82) is 0 Å². The van der Waals surface area contributed by atoms with E-state index in [1.54, 1.807) is 4.90 Å². The molecule has 0 aliphatic rings. The molecule has 0 heterocycles. The second-order valence-corrected chi connectivity index (χ2v) is 5.66. The molecule has 1 rings (SSSR count). The van der Waals surface area contributed by atoms with Gasteiger partial charge in [-0.3, -0.25) is 14.9 Å². The molecule has 0 aliphatic carbocycles. The van der Waals surface area contributed by atoms with Gasteiger partial charge in [0.15, 0.2) is 0 Å². The largest absolute Gasteiger partial charge is 0.480 e. The lowest BCUT2D eigenvalue weighted by atomic mass is 10.1. The van der Waals surface area contributed by atoms with Crippen LogP contribution in [0, 0.1) is 0 Å². The quantitative estimate of drug-likeness (QED) is 0.724. The van der Waals surface area contributed by atoms with Crippen molar-refractivity contribution in [2.45, 2.75) is 52.2 Å². The first-order valence-electron chi connectivity index (χ1n) is 7.75. The fraction of sp³-hybridized carbons (Fsp3) is 0.529. The van der Waals surface area contributed by atoms with E-state index in [9.17, 15) is 9.59 Å². The highest BCUT2D eigenvalue weighted by atomic mass is 35.5. The lowest BCUT2D eigenvalue weighted by Gasteiger charge is -2.27. The van der Waals surface area contributed by atoms with Crippen molar-refractivity contribution < 1.29 is 14.7 Å². The molecule has 2 N–H and O–H groups in total. The van der Waals surface area contributed by atoms with Gasteiger partial charge in [-0.2, -0.15) is 0 Å². The molecule has 0 fully saturated rings. The van der Waals surface area contributed by atoms with E-state index in [0.29, 0.717) is 13.0 Å². The second-order valence-electron chi connectivity index (χ2n) is 5.66. The van der Waals surface area contributed by atoms with Crippen LogP contribution in [0.25, 0.3) is 0 Å². The molecule has 1 aromatic carbocycles. The molecule has 0 saturated heterocycles. The third-order valence-electron chi connectivity index (χ3n) is 3.51. The summed E-state index contributed by atoms with van der Waals surface area (Å²) in [7, 11) is 0. The Morgan fingerprint density at radius 2 is 1.83 bits per heavy atom. The fourth-order valence-corrected chi connectivity index (χ4v) is 2.25. The molecule has 5 nitrogen and oxygen atoms in total. The zero-order chi connectivity index (χ0) is 16.5. The van der Waals surface area contributed by atoms with Gasteiger partial charge in [-0.15, -0.1) is 12.4 Å². The Labute approximate surface area is 144 Å². The minimum absolute atomic E-state index is 0. The summed E-state index contributed by atoms with van der Waals surface area (Å²) in [5.41, 5.74) is 1.06. The first-order valence-corrected chi connectivity index (χ1v) is 7.75. The van der Waals surface area contributed by atoms with Gasteiger partial charge in [0.2, 0.25) is 5.91 Å². The number of halogens is 1. The number of nitrogens with one attached hydrogen (secondary N) is 1. The average Bonchev–Trinajstić information content (AvgIpc) is 2.49. The van der Waals surface area contributed by atoms with Crippen molar-refractivity contribution in [3.63, 3.8) is 0 Å². The summed E-state index contributed by atoms with van der Waals surface area (Å²) in [4.78, 5) is 25.3. The first-order chi connectivity index (χ1) is 10.5. The molecular formula is C17H27ClN2O3. The van der Waals surface area contributed by atoms with Crippen molar-refractivity contribution in [2.75, 3.05) is 6.54 Å². The minimum Gasteiger partial charge on any atom is -0.480 e. The Morgan fingerprint density at radius 1 is 1.22 bits per heavy atom. The van der Waals surface area contributed by atoms with E-state index in [2.05, 4.69) is 5.32 Å². The molecule has 0 saturated carbocycles. The van der Waals surface area contributed by atoms with Crippen molar-refractivity contribution in [2.24, 2.45) is 0 Å². The summed E-state index contributed by atoms with van der Waals surface area (Å²) in [5, 5.41) is 12.0. The highest BCUT2D eigenvalue weighted by Crippen LogP contribution is 2.08. The number of amides is 1. The number of carbonyl (C=O) groups excluding carboxylic acids is 1. The van der Waals surface area contributed by atoms with Crippen LogP contribution in [-0.4, -0.2) is 40.5 Å². The normalized spacial score (nSPS) is 11.7. The fourth-order valence-electron chi connectivity index (χ4n) is 2.25. The number of carboxylic acid groups (broad SMARTS) is 1. The van der Waals surface area contributed by atoms with Gasteiger partial charge in [0.25, 0.3) is 0 Å². The predicted molar refractivity (Wildman–Crippen MR) is 93.7 cm³/mol. The Morgan fingerprint density at radius 3 is 2.30 bits per heavy atom. The van der Waals surface area contributed by atoms with Gasteiger partial charge in [0.1, 0.15) is 6.04 Å². The van der Waals surface area contributed by atoms with Crippen LogP contribution in [0.5, 0.6) is 0 Å². The highest BCUT2D eigenvalue weighted by Gasteiger charge is 2.21. The van der Waals surface area contributed by atoms with E-state index in [1.807, 2.05) is 51.1 Å². The number of carboxylic acids is 1. The molecule has 1 unspecified atom stereocenters. The number of nitrogens with zero attached hydrogens (tertiary/aromatic N) is 1. The van der Waals surface area contributed by atoms with Gasteiger partial charge in [-0.05, 0) is 25.8 Å². The second kappa shape index (κ2) is 11.0. The molecular weight excluding hydrogens is 316 g/mol. The topological polar surface area (TPSA) is 69.6 Å². The van der Waals surface area contributed by atoms with Crippen molar-refractivity contribution in [3.8, 4) is 0 Å². The maximum atomic E-state index is 12.4. The molecule has 130 valence electrons. The standard InChI is InChI=1S/C17H26N2O3.ClH/c1-4-8-15(17(21)22)18-11-16(20)19(13(2)3)12-14-9-6-5-7-10-14;/h5-7,9-10,13,15,18H,4,8,11-12H2,1-3H3,(H,21,22);1H. The van der Waals surface area contributed by atoms with E-state index in [4.69, 9.17) is 5.11 Å². The van der Waals surface area contributed by atoms with Crippen LogP contribution in [0.15, 0.2) is 30.3 Å². The third-order valence-corrected chi connectivity index (χ3v) is 3.51. The lowest BCUT2D eigenvalue weighted by molar-refractivity contribution is -0.140. The molecule has 23 heavy (non-hydrogen) atoms. The summed E-state index contributed by atoms with van der Waals surface area (Å²) in [6, 6.07) is 9.18. The summed E-state index contributed by atoms with van der Waals surface area (Å²) >= 11 is 0. The van der Waals surface area contributed by atoms with E-state index in [1.165, 1.54) is 0 Å². The summed E-state index contributed by atoms with van der Waals surface area (Å²) in [5.74, 6) is -0.991. The molecule has 0 radical (unpaired) electrons. The number of hydrogen-bond acceptors (Lipinski definition) is 3. The zero-order valence-electron chi connectivity index (χ0n) is 14.0. The lowest BCUT2D eigenvalue weighted by Crippen LogP contribution is -2.46. The van der Waals surface area contributed by atoms with Gasteiger partial charge < -0.3 is 10.0 Å². The molecule has 0 aliphatic heterocycles. The van der Waals surface area contributed by atoms with Gasteiger partial charge in [0, 0.05) is 12.6 Å². The number of carbonyl (C=O) groups is 2. The zero-order valence-corrected chi connectivity index (χ0v) is 14.8. The Hall–Kier alpha value is -1.59. The number of benzene rings is 1. The maximum Gasteiger partial charge on any atom is 0.320 e. The van der Waals surface area contributed by atoms with Gasteiger partial charge in [0.05, 0.1) is 6.54 Å². The number of aliphatic carboxylic acids is 1.